The van der Waals surface area contributed by atoms with Gasteiger partial charge in [-0.1, -0.05) is 12.1 Å². The van der Waals surface area contributed by atoms with Crippen molar-refractivity contribution in [2.24, 2.45) is 7.05 Å². The number of nitrogens with zero attached hydrogens (tertiary/aromatic N) is 4. The maximum atomic E-state index is 12.6. The number of urea groups is 1. The molecule has 0 aliphatic rings. The predicted octanol–water partition coefficient (Wildman–Crippen LogP) is 2.23. The van der Waals surface area contributed by atoms with Gasteiger partial charge in [-0.2, -0.15) is 5.10 Å². The number of fused-ring (bicyclic) bond motifs is 1. The molecule has 0 bridgehead atoms. The second-order valence-electron chi connectivity index (χ2n) is 6.12. The van der Waals surface area contributed by atoms with Crippen LogP contribution < -0.4 is 5.32 Å². The normalized spacial score (nSPS) is 11.0. The van der Waals surface area contributed by atoms with Crippen LogP contribution >= 0.6 is 0 Å². The summed E-state index contributed by atoms with van der Waals surface area (Å²) >= 11 is 0. The molecule has 0 unspecified atom stereocenters. The number of carbonyl (C=O) groups is 1. The Bertz CT molecular complexity index is 886. The first-order valence-electron chi connectivity index (χ1n) is 8.41. The molecule has 8 heteroatoms. The van der Waals surface area contributed by atoms with Crippen molar-refractivity contribution in [1.29, 1.82) is 0 Å². The van der Waals surface area contributed by atoms with Crippen LogP contribution in [0.3, 0.4) is 0 Å². The van der Waals surface area contributed by atoms with E-state index in [1.54, 1.807) is 22.9 Å². The maximum absolute atomic E-state index is 12.6. The third kappa shape index (κ3) is 4.20. The summed E-state index contributed by atoms with van der Waals surface area (Å²) in [7, 11) is 3.46. The molecule has 0 fully saturated rings. The van der Waals surface area contributed by atoms with Crippen LogP contribution in [0, 0.1) is 6.92 Å². The van der Waals surface area contributed by atoms with E-state index in [1.165, 1.54) is 0 Å². The lowest BCUT2D eigenvalue weighted by Crippen LogP contribution is -2.40. The summed E-state index contributed by atoms with van der Waals surface area (Å²) in [4.78, 5) is 18.7. The number of aromatic nitrogens is 3. The lowest BCUT2D eigenvalue weighted by Gasteiger charge is -2.21. The van der Waals surface area contributed by atoms with Crippen LogP contribution in [0.5, 0.6) is 0 Å². The van der Waals surface area contributed by atoms with Crippen molar-refractivity contribution < 1.29 is 13.9 Å². The Morgan fingerprint density at radius 1 is 1.42 bits per heavy atom. The minimum atomic E-state index is -0.204. The van der Waals surface area contributed by atoms with Crippen LogP contribution in [0.4, 0.5) is 4.79 Å². The van der Waals surface area contributed by atoms with Crippen LogP contribution in [0.2, 0.25) is 0 Å². The minimum absolute atomic E-state index is 0.204. The molecule has 138 valence electrons. The number of amides is 2. The average Bonchev–Trinajstić information content (AvgIpc) is 3.23. The van der Waals surface area contributed by atoms with E-state index in [2.05, 4.69) is 15.4 Å². The van der Waals surface area contributed by atoms with Crippen LogP contribution in [0.25, 0.3) is 11.1 Å². The molecule has 0 atom stereocenters. The summed E-state index contributed by atoms with van der Waals surface area (Å²) in [6.07, 6.45) is 3.63. The molecule has 0 radical (unpaired) electrons. The van der Waals surface area contributed by atoms with E-state index < -0.39 is 0 Å². The lowest BCUT2D eigenvalue weighted by atomic mass is 10.2. The molecule has 2 aromatic heterocycles. The second-order valence-corrected chi connectivity index (χ2v) is 6.12. The summed E-state index contributed by atoms with van der Waals surface area (Å²) in [5, 5.41) is 7.00. The van der Waals surface area contributed by atoms with E-state index in [1.807, 2.05) is 38.4 Å². The van der Waals surface area contributed by atoms with Crippen LogP contribution in [0.15, 0.2) is 35.0 Å². The van der Waals surface area contributed by atoms with E-state index in [0.717, 1.165) is 22.2 Å². The number of benzene rings is 1. The highest BCUT2D eigenvalue weighted by atomic mass is 16.5. The molecule has 0 spiro atoms. The molecule has 0 saturated carbocycles. The largest absolute Gasteiger partial charge is 0.439 e. The Morgan fingerprint density at radius 2 is 2.27 bits per heavy atom. The van der Waals surface area contributed by atoms with Gasteiger partial charge in [-0.25, -0.2) is 9.78 Å². The number of carbonyl (C=O) groups excluding carboxylic acids is 1. The van der Waals surface area contributed by atoms with Crippen molar-refractivity contribution in [3.8, 4) is 0 Å². The van der Waals surface area contributed by atoms with Gasteiger partial charge in [-0.3, -0.25) is 4.68 Å². The fraction of sp³-hybridized carbons (Fsp3) is 0.389. The molecule has 1 aromatic carbocycles. The standard InChI is InChI=1S/C18H23N5O3/c1-13-5-4-6-15-17(13)21-16(26-15)10-19-18(24)23(7-8-25-3)12-14-9-20-22(2)11-14/h4-6,9,11H,7-8,10,12H2,1-3H3,(H,19,24). The lowest BCUT2D eigenvalue weighted by molar-refractivity contribution is 0.146. The van der Waals surface area contributed by atoms with Gasteiger partial charge < -0.3 is 19.4 Å². The number of oxazole rings is 1. The number of hydrogen-bond acceptors (Lipinski definition) is 5. The topological polar surface area (TPSA) is 85.4 Å². The molecular formula is C18H23N5O3. The summed E-state index contributed by atoms with van der Waals surface area (Å²) < 4.78 is 12.5. The number of ether oxygens (including phenoxy) is 1. The molecular weight excluding hydrogens is 334 g/mol. The Hall–Kier alpha value is -2.87. The van der Waals surface area contributed by atoms with Gasteiger partial charge >= 0.3 is 6.03 Å². The monoisotopic (exact) mass is 357 g/mol. The molecule has 2 heterocycles. The Kier molecular flexibility index (Phi) is 5.52. The number of nitrogens with one attached hydrogen (secondary N) is 1. The Morgan fingerprint density at radius 3 is 2.96 bits per heavy atom. The van der Waals surface area contributed by atoms with E-state index in [-0.39, 0.29) is 12.6 Å². The van der Waals surface area contributed by atoms with Gasteiger partial charge in [-0.05, 0) is 18.6 Å². The second kappa shape index (κ2) is 8.01. The van der Waals surface area contributed by atoms with E-state index in [0.29, 0.717) is 25.6 Å². The zero-order chi connectivity index (χ0) is 18.5. The molecule has 3 rings (SSSR count). The van der Waals surface area contributed by atoms with Gasteiger partial charge in [0.05, 0.1) is 25.9 Å². The third-order valence-corrected chi connectivity index (χ3v) is 4.04. The molecule has 8 nitrogen and oxygen atoms in total. The number of rotatable bonds is 7. The first-order valence-corrected chi connectivity index (χ1v) is 8.41. The summed E-state index contributed by atoms with van der Waals surface area (Å²) in [6.45, 7) is 3.59. The van der Waals surface area contributed by atoms with Gasteiger partial charge in [0.15, 0.2) is 5.58 Å². The highest BCUT2D eigenvalue weighted by Gasteiger charge is 2.16. The summed E-state index contributed by atoms with van der Waals surface area (Å²) in [5.41, 5.74) is 3.54. The van der Waals surface area contributed by atoms with Gasteiger partial charge in [0.25, 0.3) is 0 Å². The maximum Gasteiger partial charge on any atom is 0.318 e. The van der Waals surface area contributed by atoms with Crippen LogP contribution in [-0.2, 0) is 24.9 Å². The molecule has 26 heavy (non-hydrogen) atoms. The number of hydrogen-bond donors (Lipinski definition) is 1. The van der Waals surface area contributed by atoms with E-state index >= 15 is 0 Å². The van der Waals surface area contributed by atoms with Crippen molar-refractivity contribution in [1.82, 2.24) is 25.0 Å². The summed E-state index contributed by atoms with van der Waals surface area (Å²) in [5.74, 6) is 0.482. The quantitative estimate of drug-likeness (QED) is 0.701. The molecule has 2 amide bonds. The van der Waals surface area contributed by atoms with Crippen molar-refractivity contribution >= 4 is 17.1 Å². The number of aryl methyl sites for hydroxylation is 2. The molecule has 0 saturated heterocycles. The SMILES string of the molecule is COCCN(Cc1cnn(C)c1)C(=O)NCc1nc2c(C)cccc2o1. The van der Waals surface area contributed by atoms with Crippen molar-refractivity contribution in [3.63, 3.8) is 0 Å². The molecule has 3 aromatic rings. The first-order chi connectivity index (χ1) is 12.6. The average molecular weight is 357 g/mol. The number of para-hydroxylation sites is 1. The van der Waals surface area contributed by atoms with Crippen LogP contribution in [-0.4, -0.2) is 46.0 Å². The number of methoxy groups -OCH3 is 1. The predicted molar refractivity (Wildman–Crippen MR) is 96.5 cm³/mol. The van der Waals surface area contributed by atoms with E-state index in [4.69, 9.17) is 9.15 Å². The zero-order valence-electron chi connectivity index (χ0n) is 15.2. The Labute approximate surface area is 151 Å². The van der Waals surface area contributed by atoms with Gasteiger partial charge in [-0.15, -0.1) is 0 Å². The smallest absolute Gasteiger partial charge is 0.318 e. The minimum Gasteiger partial charge on any atom is -0.439 e. The fourth-order valence-corrected chi connectivity index (χ4v) is 2.70. The van der Waals surface area contributed by atoms with Crippen molar-refractivity contribution in [2.75, 3.05) is 20.3 Å². The molecule has 1 N–H and O–H groups in total. The van der Waals surface area contributed by atoms with E-state index in [9.17, 15) is 4.79 Å². The molecule has 0 aliphatic carbocycles. The van der Waals surface area contributed by atoms with Gasteiger partial charge in [0, 0.05) is 32.5 Å². The first kappa shape index (κ1) is 17.9. The highest BCUT2D eigenvalue weighted by molar-refractivity contribution is 5.76. The highest BCUT2D eigenvalue weighted by Crippen LogP contribution is 2.18. The Balaban J connectivity index is 1.65. The molecule has 0 aliphatic heterocycles. The van der Waals surface area contributed by atoms with Crippen LogP contribution in [0.1, 0.15) is 17.0 Å². The summed E-state index contributed by atoms with van der Waals surface area (Å²) in [6, 6.07) is 5.57. The van der Waals surface area contributed by atoms with Crippen molar-refractivity contribution in [2.45, 2.75) is 20.0 Å². The fourth-order valence-electron chi connectivity index (χ4n) is 2.70. The third-order valence-electron chi connectivity index (χ3n) is 4.04. The van der Waals surface area contributed by atoms with Gasteiger partial charge in [0.2, 0.25) is 5.89 Å². The van der Waals surface area contributed by atoms with Crippen molar-refractivity contribution in [3.05, 3.63) is 47.6 Å². The zero-order valence-corrected chi connectivity index (χ0v) is 15.2. The van der Waals surface area contributed by atoms with Gasteiger partial charge in [0.1, 0.15) is 5.52 Å².